The van der Waals surface area contributed by atoms with Crippen LogP contribution in [0, 0.1) is 0 Å². The second kappa shape index (κ2) is 2.67. The average Bonchev–Trinajstić information content (AvgIpc) is 2.40. The van der Waals surface area contributed by atoms with Gasteiger partial charge >= 0.3 is 0 Å². The third-order valence-electron chi connectivity index (χ3n) is 2.46. The normalized spacial score (nSPS) is 20.8. The number of hydrogen-bond acceptors (Lipinski definition) is 1. The number of rotatable bonds is 1. The Morgan fingerprint density at radius 1 is 1.50 bits per heavy atom. The molecule has 1 unspecified atom stereocenters. The van der Waals surface area contributed by atoms with Crippen molar-refractivity contribution in [3.63, 3.8) is 0 Å². The van der Waals surface area contributed by atoms with E-state index in [0.29, 0.717) is 6.04 Å². The third kappa shape index (κ3) is 0.934. The van der Waals surface area contributed by atoms with Gasteiger partial charge in [-0.05, 0) is 31.2 Å². The summed E-state index contributed by atoms with van der Waals surface area (Å²) in [5.74, 6) is 0. The molecule has 12 heavy (non-hydrogen) atoms. The minimum absolute atomic E-state index is 0.569. The highest BCUT2D eigenvalue weighted by Gasteiger charge is 2.22. The Morgan fingerprint density at radius 3 is 3.00 bits per heavy atom. The van der Waals surface area contributed by atoms with E-state index in [9.17, 15) is 0 Å². The molecular weight excluding hydrogens is 146 g/mol. The number of hydrogen-bond donors (Lipinski definition) is 0. The van der Waals surface area contributed by atoms with Crippen LogP contribution in [-0.4, -0.2) is 6.04 Å². The molecule has 0 amide bonds. The summed E-state index contributed by atoms with van der Waals surface area (Å²) in [5, 5.41) is 0. The Labute approximate surface area is 73.3 Å². The van der Waals surface area contributed by atoms with E-state index in [1.165, 1.54) is 11.3 Å². The average molecular weight is 159 g/mol. The lowest BCUT2D eigenvalue weighted by atomic mass is 10.1. The maximum atomic E-state index is 3.82. The highest BCUT2D eigenvalue weighted by atomic mass is 15.2. The number of anilines is 1. The molecule has 0 spiro atoms. The van der Waals surface area contributed by atoms with Crippen molar-refractivity contribution in [2.75, 3.05) is 4.90 Å². The van der Waals surface area contributed by atoms with Crippen molar-refractivity contribution in [1.29, 1.82) is 0 Å². The molecule has 0 N–H and O–H groups in total. The van der Waals surface area contributed by atoms with Gasteiger partial charge < -0.3 is 4.90 Å². The first kappa shape index (κ1) is 7.41. The first-order valence-electron chi connectivity index (χ1n) is 4.31. The van der Waals surface area contributed by atoms with Crippen LogP contribution in [0.1, 0.15) is 12.5 Å². The fourth-order valence-corrected chi connectivity index (χ4v) is 1.87. The molecule has 0 fully saturated rings. The van der Waals surface area contributed by atoms with E-state index in [2.05, 4.69) is 42.7 Å². The number of nitrogens with zero attached hydrogens (tertiary/aromatic N) is 1. The number of para-hydroxylation sites is 1. The van der Waals surface area contributed by atoms with Gasteiger partial charge in [0.1, 0.15) is 0 Å². The van der Waals surface area contributed by atoms with Crippen LogP contribution in [0.25, 0.3) is 0 Å². The summed E-state index contributed by atoms with van der Waals surface area (Å²) in [6.45, 7) is 6.04. The molecule has 1 aromatic carbocycles. The van der Waals surface area contributed by atoms with Crippen LogP contribution in [0.5, 0.6) is 0 Å². The fraction of sp³-hybridized carbons (Fsp3) is 0.273. The quantitative estimate of drug-likeness (QED) is 0.608. The van der Waals surface area contributed by atoms with Crippen molar-refractivity contribution >= 4 is 5.69 Å². The second-order valence-electron chi connectivity index (χ2n) is 3.27. The van der Waals surface area contributed by atoms with Crippen LogP contribution in [-0.2, 0) is 6.42 Å². The lowest BCUT2D eigenvalue weighted by Crippen LogP contribution is -2.22. The molecule has 0 aliphatic carbocycles. The summed E-state index contributed by atoms with van der Waals surface area (Å²) in [5.41, 5.74) is 2.75. The van der Waals surface area contributed by atoms with Gasteiger partial charge in [-0.2, -0.15) is 0 Å². The van der Waals surface area contributed by atoms with Gasteiger partial charge in [0.2, 0.25) is 0 Å². The minimum atomic E-state index is 0.569. The van der Waals surface area contributed by atoms with E-state index in [0.717, 1.165) is 6.42 Å². The molecule has 0 aromatic heterocycles. The van der Waals surface area contributed by atoms with Crippen molar-refractivity contribution in [2.45, 2.75) is 19.4 Å². The maximum absolute atomic E-state index is 3.82. The zero-order valence-corrected chi connectivity index (χ0v) is 7.33. The van der Waals surface area contributed by atoms with E-state index in [4.69, 9.17) is 0 Å². The summed E-state index contributed by atoms with van der Waals surface area (Å²) in [4.78, 5) is 2.23. The van der Waals surface area contributed by atoms with Crippen LogP contribution in [0.3, 0.4) is 0 Å². The second-order valence-corrected chi connectivity index (χ2v) is 3.27. The summed E-state index contributed by atoms with van der Waals surface area (Å²) in [7, 11) is 0. The Balaban J connectivity index is 2.47. The Morgan fingerprint density at radius 2 is 2.25 bits per heavy atom. The van der Waals surface area contributed by atoms with Gasteiger partial charge in [0, 0.05) is 11.7 Å². The molecule has 62 valence electrons. The van der Waals surface area contributed by atoms with E-state index >= 15 is 0 Å². The topological polar surface area (TPSA) is 3.24 Å². The van der Waals surface area contributed by atoms with E-state index in [-0.39, 0.29) is 0 Å². The Hall–Kier alpha value is -1.24. The molecule has 2 rings (SSSR count). The molecule has 1 aliphatic heterocycles. The third-order valence-corrected chi connectivity index (χ3v) is 2.46. The molecule has 1 aromatic rings. The maximum Gasteiger partial charge on any atom is 0.0441 e. The van der Waals surface area contributed by atoms with Gasteiger partial charge in [-0.1, -0.05) is 24.8 Å². The molecule has 1 nitrogen and oxygen atoms in total. The first-order valence-corrected chi connectivity index (χ1v) is 4.31. The van der Waals surface area contributed by atoms with Gasteiger partial charge in [0.25, 0.3) is 0 Å². The smallest absolute Gasteiger partial charge is 0.0441 e. The lowest BCUT2D eigenvalue weighted by molar-refractivity contribution is 0.755. The van der Waals surface area contributed by atoms with E-state index in [1.54, 1.807) is 0 Å². The molecular formula is C11H13N. The van der Waals surface area contributed by atoms with Crippen molar-refractivity contribution in [2.24, 2.45) is 0 Å². The standard InChI is InChI=1S/C11H13N/c1-3-12-9(2)8-10-6-4-5-7-11(10)12/h3-7,9H,1,8H2,2H3. The van der Waals surface area contributed by atoms with Crippen molar-refractivity contribution in [1.82, 2.24) is 0 Å². The van der Waals surface area contributed by atoms with Crippen LogP contribution < -0.4 is 4.90 Å². The minimum Gasteiger partial charge on any atom is -0.345 e. The Kier molecular flexibility index (Phi) is 1.65. The van der Waals surface area contributed by atoms with E-state index in [1.807, 2.05) is 6.20 Å². The summed E-state index contributed by atoms with van der Waals surface area (Å²) in [6.07, 6.45) is 3.05. The Bertz CT molecular complexity index is 304. The molecule has 0 radical (unpaired) electrons. The number of benzene rings is 1. The van der Waals surface area contributed by atoms with Crippen LogP contribution in [0.2, 0.25) is 0 Å². The predicted octanol–water partition coefficient (Wildman–Crippen LogP) is 2.58. The van der Waals surface area contributed by atoms with Crippen LogP contribution in [0.4, 0.5) is 5.69 Å². The van der Waals surface area contributed by atoms with E-state index < -0.39 is 0 Å². The van der Waals surface area contributed by atoms with Gasteiger partial charge in [-0.15, -0.1) is 0 Å². The van der Waals surface area contributed by atoms with Crippen molar-refractivity contribution in [3.8, 4) is 0 Å². The van der Waals surface area contributed by atoms with Gasteiger partial charge in [-0.25, -0.2) is 0 Å². The summed E-state index contributed by atoms with van der Waals surface area (Å²) in [6, 6.07) is 9.08. The zero-order valence-electron chi connectivity index (χ0n) is 7.33. The van der Waals surface area contributed by atoms with Crippen LogP contribution >= 0.6 is 0 Å². The summed E-state index contributed by atoms with van der Waals surface area (Å²) < 4.78 is 0. The molecule has 1 heterocycles. The van der Waals surface area contributed by atoms with Gasteiger partial charge in [0.15, 0.2) is 0 Å². The molecule has 0 saturated carbocycles. The van der Waals surface area contributed by atoms with Crippen LogP contribution in [0.15, 0.2) is 37.0 Å². The first-order chi connectivity index (χ1) is 5.83. The zero-order chi connectivity index (χ0) is 8.55. The largest absolute Gasteiger partial charge is 0.345 e. The monoisotopic (exact) mass is 159 g/mol. The van der Waals surface area contributed by atoms with Crippen molar-refractivity contribution in [3.05, 3.63) is 42.6 Å². The molecule has 0 saturated heterocycles. The highest BCUT2D eigenvalue weighted by Crippen LogP contribution is 2.31. The highest BCUT2D eigenvalue weighted by molar-refractivity contribution is 5.60. The SMILES string of the molecule is C=CN1c2ccccc2CC1C. The molecule has 1 heteroatoms. The van der Waals surface area contributed by atoms with Crippen molar-refractivity contribution < 1.29 is 0 Å². The predicted molar refractivity (Wildman–Crippen MR) is 52.3 cm³/mol. The fourth-order valence-electron chi connectivity index (χ4n) is 1.87. The molecule has 0 bridgehead atoms. The summed E-state index contributed by atoms with van der Waals surface area (Å²) >= 11 is 0. The number of fused-ring (bicyclic) bond motifs is 1. The lowest BCUT2D eigenvalue weighted by Gasteiger charge is -2.18. The van der Waals surface area contributed by atoms with Gasteiger partial charge in [0.05, 0.1) is 0 Å². The molecule has 1 atom stereocenters. The molecule has 1 aliphatic rings. The van der Waals surface area contributed by atoms with Gasteiger partial charge in [-0.3, -0.25) is 0 Å².